The molecule has 1 heterocycles. The molecule has 27 heavy (non-hydrogen) atoms. The summed E-state index contributed by atoms with van der Waals surface area (Å²) in [5.41, 5.74) is 3.47. The van der Waals surface area contributed by atoms with Gasteiger partial charge in [0, 0.05) is 23.3 Å². The Morgan fingerprint density at radius 1 is 1.19 bits per heavy atom. The van der Waals surface area contributed by atoms with Crippen LogP contribution >= 0.6 is 11.3 Å². The van der Waals surface area contributed by atoms with Crippen molar-refractivity contribution in [3.8, 4) is 17.2 Å². The Balaban J connectivity index is 2.25. The smallest absolute Gasteiger partial charge is 0.303 e. The molecule has 1 aromatic heterocycles. The average Bonchev–Trinajstić information content (AvgIpc) is 2.88. The van der Waals surface area contributed by atoms with Gasteiger partial charge in [0.15, 0.2) is 0 Å². The number of aliphatic carboxylic acids is 1. The molecule has 6 heteroatoms. The minimum atomic E-state index is -0.924. The SMILES string of the molecule is Cc1sc(NC(=O)CC(C)CC(=O)O)c(C#N)c1-c1ccc(C(C)C)cc1. The van der Waals surface area contributed by atoms with Crippen LogP contribution < -0.4 is 5.32 Å². The first-order chi connectivity index (χ1) is 12.7. The van der Waals surface area contributed by atoms with Gasteiger partial charge in [-0.3, -0.25) is 9.59 Å². The Morgan fingerprint density at radius 3 is 2.33 bits per heavy atom. The number of rotatable bonds is 7. The molecule has 1 amide bonds. The van der Waals surface area contributed by atoms with E-state index in [9.17, 15) is 14.9 Å². The lowest BCUT2D eigenvalue weighted by Gasteiger charge is -2.09. The number of carboxylic acid groups (broad SMARTS) is 1. The van der Waals surface area contributed by atoms with Crippen molar-refractivity contribution in [3.05, 3.63) is 40.3 Å². The standard InChI is InChI=1S/C21H24N2O3S/c1-12(2)15-5-7-16(8-6-15)20-14(4)27-21(17(20)11-22)23-18(24)9-13(3)10-19(25)26/h5-8,12-13H,9-10H2,1-4H3,(H,23,24)(H,25,26). The molecule has 0 spiro atoms. The lowest BCUT2D eigenvalue weighted by molar-refractivity contribution is -0.138. The largest absolute Gasteiger partial charge is 0.481 e. The quantitative estimate of drug-likeness (QED) is 0.690. The number of anilines is 1. The summed E-state index contributed by atoms with van der Waals surface area (Å²) >= 11 is 1.37. The zero-order valence-electron chi connectivity index (χ0n) is 16.0. The number of amides is 1. The lowest BCUT2D eigenvalue weighted by atomic mass is 9.97. The Bertz CT molecular complexity index is 876. The number of thiophene rings is 1. The van der Waals surface area contributed by atoms with Gasteiger partial charge in [0.1, 0.15) is 11.1 Å². The van der Waals surface area contributed by atoms with E-state index in [0.717, 1.165) is 16.0 Å². The fourth-order valence-corrected chi connectivity index (χ4v) is 4.03. The second-order valence-corrected chi connectivity index (χ2v) is 8.31. The van der Waals surface area contributed by atoms with E-state index in [1.165, 1.54) is 16.9 Å². The van der Waals surface area contributed by atoms with E-state index < -0.39 is 5.97 Å². The predicted octanol–water partition coefficient (Wildman–Crippen LogP) is 5.16. The lowest BCUT2D eigenvalue weighted by Crippen LogP contribution is -2.16. The van der Waals surface area contributed by atoms with Gasteiger partial charge in [-0.2, -0.15) is 5.26 Å². The second kappa shape index (κ2) is 8.83. The molecule has 1 aromatic carbocycles. The van der Waals surface area contributed by atoms with E-state index in [1.807, 2.05) is 19.1 Å². The highest BCUT2D eigenvalue weighted by atomic mass is 32.1. The monoisotopic (exact) mass is 384 g/mol. The third-order valence-electron chi connectivity index (χ3n) is 4.37. The molecule has 142 valence electrons. The van der Waals surface area contributed by atoms with E-state index in [4.69, 9.17) is 5.11 Å². The highest BCUT2D eigenvalue weighted by Gasteiger charge is 2.20. The van der Waals surface area contributed by atoms with Gasteiger partial charge in [0.2, 0.25) is 5.91 Å². The zero-order chi connectivity index (χ0) is 20.1. The Labute approximate surface area is 163 Å². The van der Waals surface area contributed by atoms with Gasteiger partial charge in [-0.25, -0.2) is 0 Å². The molecular formula is C21H24N2O3S. The first-order valence-electron chi connectivity index (χ1n) is 8.88. The summed E-state index contributed by atoms with van der Waals surface area (Å²) in [6.45, 7) is 7.91. The van der Waals surface area contributed by atoms with Crippen molar-refractivity contribution in [3.63, 3.8) is 0 Å². The van der Waals surface area contributed by atoms with Crippen LogP contribution in [0.15, 0.2) is 24.3 Å². The molecule has 2 aromatic rings. The topological polar surface area (TPSA) is 90.2 Å². The summed E-state index contributed by atoms with van der Waals surface area (Å²) in [5.74, 6) is -1.03. The van der Waals surface area contributed by atoms with Gasteiger partial charge < -0.3 is 10.4 Å². The van der Waals surface area contributed by atoms with Crippen molar-refractivity contribution in [1.29, 1.82) is 5.26 Å². The number of carbonyl (C=O) groups excluding carboxylic acids is 1. The molecule has 2 rings (SSSR count). The molecule has 0 radical (unpaired) electrons. The first kappa shape index (κ1) is 20.7. The molecule has 5 nitrogen and oxygen atoms in total. The van der Waals surface area contributed by atoms with Gasteiger partial charge in [-0.1, -0.05) is 45.0 Å². The van der Waals surface area contributed by atoms with Crippen LogP contribution in [0.4, 0.5) is 5.00 Å². The maximum absolute atomic E-state index is 12.2. The summed E-state index contributed by atoms with van der Waals surface area (Å²) in [5, 5.41) is 21.8. The fraction of sp³-hybridized carbons (Fsp3) is 0.381. The third-order valence-corrected chi connectivity index (χ3v) is 5.39. The Kier molecular flexibility index (Phi) is 6.75. The van der Waals surface area contributed by atoms with Crippen molar-refractivity contribution in [2.24, 2.45) is 5.92 Å². The van der Waals surface area contributed by atoms with Crippen LogP contribution in [0.2, 0.25) is 0 Å². The first-order valence-corrected chi connectivity index (χ1v) is 9.70. The zero-order valence-corrected chi connectivity index (χ0v) is 16.8. The maximum atomic E-state index is 12.2. The van der Waals surface area contributed by atoms with Gasteiger partial charge in [-0.15, -0.1) is 11.3 Å². The molecule has 1 atom stereocenters. The number of carboxylic acids is 1. The van der Waals surface area contributed by atoms with E-state index in [0.29, 0.717) is 16.5 Å². The highest BCUT2D eigenvalue weighted by Crippen LogP contribution is 2.39. The summed E-state index contributed by atoms with van der Waals surface area (Å²) < 4.78 is 0. The number of carbonyl (C=O) groups is 2. The van der Waals surface area contributed by atoms with Gasteiger partial charge in [0.05, 0.1) is 5.56 Å². The minimum absolute atomic E-state index is 0.0601. The van der Waals surface area contributed by atoms with Crippen molar-refractivity contribution < 1.29 is 14.7 Å². The maximum Gasteiger partial charge on any atom is 0.303 e. The predicted molar refractivity (Wildman–Crippen MR) is 108 cm³/mol. The van der Waals surface area contributed by atoms with E-state index in [-0.39, 0.29) is 24.7 Å². The van der Waals surface area contributed by atoms with Crippen molar-refractivity contribution >= 4 is 28.2 Å². The van der Waals surface area contributed by atoms with Crippen LogP contribution in [0.3, 0.4) is 0 Å². The molecule has 0 bridgehead atoms. The van der Waals surface area contributed by atoms with Gasteiger partial charge >= 0.3 is 5.97 Å². The Morgan fingerprint density at radius 2 is 1.81 bits per heavy atom. The average molecular weight is 385 g/mol. The highest BCUT2D eigenvalue weighted by molar-refractivity contribution is 7.17. The van der Waals surface area contributed by atoms with E-state index in [2.05, 4.69) is 37.4 Å². The van der Waals surface area contributed by atoms with Gasteiger partial charge in [-0.05, 0) is 29.9 Å². The van der Waals surface area contributed by atoms with Crippen LogP contribution in [0.25, 0.3) is 11.1 Å². The van der Waals surface area contributed by atoms with Crippen molar-refractivity contribution in [2.45, 2.75) is 46.5 Å². The third kappa shape index (κ3) is 5.18. The summed E-state index contributed by atoms with van der Waals surface area (Å²) in [6.07, 6.45) is 0.0436. The fourth-order valence-electron chi connectivity index (χ4n) is 2.99. The van der Waals surface area contributed by atoms with Crippen molar-refractivity contribution in [1.82, 2.24) is 0 Å². The molecule has 1 unspecified atom stereocenters. The number of aryl methyl sites for hydroxylation is 1. The number of benzene rings is 1. The number of nitrogens with one attached hydrogen (secondary N) is 1. The minimum Gasteiger partial charge on any atom is -0.481 e. The number of hydrogen-bond acceptors (Lipinski definition) is 4. The molecule has 0 saturated heterocycles. The number of hydrogen-bond donors (Lipinski definition) is 2. The summed E-state index contributed by atoms with van der Waals surface area (Å²) in [6, 6.07) is 10.3. The van der Waals surface area contributed by atoms with Crippen molar-refractivity contribution in [2.75, 3.05) is 5.32 Å². The Hall–Kier alpha value is -2.65. The molecule has 0 fully saturated rings. The van der Waals surface area contributed by atoms with Crippen LogP contribution in [0.1, 0.15) is 55.5 Å². The number of nitriles is 1. The molecular weight excluding hydrogens is 360 g/mol. The van der Waals surface area contributed by atoms with Gasteiger partial charge in [0.25, 0.3) is 0 Å². The summed E-state index contributed by atoms with van der Waals surface area (Å²) in [7, 11) is 0. The second-order valence-electron chi connectivity index (χ2n) is 7.08. The van der Waals surface area contributed by atoms with Crippen LogP contribution in [-0.2, 0) is 9.59 Å². The normalized spacial score (nSPS) is 11.9. The molecule has 0 saturated carbocycles. The molecule has 0 aliphatic rings. The summed E-state index contributed by atoms with van der Waals surface area (Å²) in [4.78, 5) is 23.9. The van der Waals surface area contributed by atoms with E-state index in [1.54, 1.807) is 6.92 Å². The molecule has 2 N–H and O–H groups in total. The number of nitrogens with zero attached hydrogens (tertiary/aromatic N) is 1. The van der Waals surface area contributed by atoms with Crippen LogP contribution in [-0.4, -0.2) is 17.0 Å². The van der Waals surface area contributed by atoms with E-state index >= 15 is 0 Å². The van der Waals surface area contributed by atoms with Crippen LogP contribution in [0.5, 0.6) is 0 Å². The van der Waals surface area contributed by atoms with Crippen LogP contribution in [0, 0.1) is 24.2 Å². The molecule has 0 aliphatic heterocycles. The molecule has 0 aliphatic carbocycles.